The normalized spacial score (nSPS) is 11.2. The van der Waals surface area contributed by atoms with Crippen LogP contribution in [0.2, 0.25) is 0 Å². The van der Waals surface area contributed by atoms with Gasteiger partial charge in [-0.3, -0.25) is 9.59 Å². The van der Waals surface area contributed by atoms with Gasteiger partial charge in [0.05, 0.1) is 11.8 Å². The van der Waals surface area contributed by atoms with E-state index in [1.807, 2.05) is 36.4 Å². The van der Waals surface area contributed by atoms with Crippen LogP contribution in [0.5, 0.6) is 0 Å². The van der Waals surface area contributed by atoms with Gasteiger partial charge in [-0.15, -0.1) is 0 Å². The predicted octanol–water partition coefficient (Wildman–Crippen LogP) is 3.90. The van der Waals surface area contributed by atoms with Crippen LogP contribution >= 0.6 is 0 Å². The lowest BCUT2D eigenvalue weighted by molar-refractivity contribution is -0.136. The van der Waals surface area contributed by atoms with E-state index in [4.69, 9.17) is 9.52 Å². The number of hydrogen-bond acceptors (Lipinski definition) is 3. The van der Waals surface area contributed by atoms with Crippen LogP contribution in [0.4, 0.5) is 0 Å². The lowest BCUT2D eigenvalue weighted by Gasteiger charge is -2.07. The molecule has 0 radical (unpaired) electrons. The maximum Gasteiger partial charge on any atom is 0.307 e. The quantitative estimate of drug-likeness (QED) is 0.791. The van der Waals surface area contributed by atoms with Crippen LogP contribution < -0.4 is 5.43 Å². The van der Waals surface area contributed by atoms with Crippen LogP contribution in [0, 0.1) is 6.92 Å². The van der Waals surface area contributed by atoms with E-state index in [-0.39, 0.29) is 11.8 Å². The third kappa shape index (κ3) is 3.13. The van der Waals surface area contributed by atoms with Crippen LogP contribution in [-0.2, 0) is 11.2 Å². The molecule has 0 saturated heterocycles. The number of carboxylic acids is 1. The van der Waals surface area contributed by atoms with Crippen molar-refractivity contribution in [2.24, 2.45) is 0 Å². The molecule has 120 valence electrons. The molecule has 0 amide bonds. The Hall–Kier alpha value is -3.14. The fraction of sp³-hybridized carbons (Fsp3) is 0.100. The first-order chi connectivity index (χ1) is 11.6. The highest BCUT2D eigenvalue weighted by Crippen LogP contribution is 2.21. The fourth-order valence-electron chi connectivity index (χ4n) is 2.58. The molecule has 0 spiro atoms. The minimum atomic E-state index is -0.966. The first-order valence-corrected chi connectivity index (χ1v) is 7.56. The van der Waals surface area contributed by atoms with Crippen molar-refractivity contribution in [2.75, 3.05) is 0 Å². The van der Waals surface area contributed by atoms with Crippen molar-refractivity contribution in [1.82, 2.24) is 0 Å². The van der Waals surface area contributed by atoms with Crippen molar-refractivity contribution in [3.05, 3.63) is 81.2 Å². The Balaban J connectivity index is 2.15. The summed E-state index contributed by atoms with van der Waals surface area (Å²) in [4.78, 5) is 23.6. The highest BCUT2D eigenvalue weighted by molar-refractivity contribution is 5.85. The zero-order valence-corrected chi connectivity index (χ0v) is 13.2. The fourth-order valence-corrected chi connectivity index (χ4v) is 2.58. The molecular formula is C20H16O4. The summed E-state index contributed by atoms with van der Waals surface area (Å²) in [5, 5.41) is 9.44. The van der Waals surface area contributed by atoms with E-state index in [0.717, 1.165) is 5.56 Å². The maximum absolute atomic E-state index is 12.6. The number of rotatable bonds is 4. The average Bonchev–Trinajstić information content (AvgIpc) is 2.58. The van der Waals surface area contributed by atoms with E-state index in [2.05, 4.69) is 0 Å². The molecule has 3 rings (SSSR count). The Morgan fingerprint density at radius 1 is 1.08 bits per heavy atom. The molecule has 1 aromatic heterocycles. The molecule has 0 fully saturated rings. The van der Waals surface area contributed by atoms with Crippen LogP contribution in [0.3, 0.4) is 0 Å². The molecule has 3 aromatic rings. The first kappa shape index (κ1) is 15.7. The summed E-state index contributed by atoms with van der Waals surface area (Å²) in [5.41, 5.74) is 2.17. The second-order valence-electron chi connectivity index (χ2n) is 5.53. The Morgan fingerprint density at radius 2 is 1.83 bits per heavy atom. The largest absolute Gasteiger partial charge is 0.481 e. The van der Waals surface area contributed by atoms with E-state index < -0.39 is 5.97 Å². The van der Waals surface area contributed by atoms with Gasteiger partial charge < -0.3 is 9.52 Å². The van der Waals surface area contributed by atoms with E-state index in [1.54, 1.807) is 31.2 Å². The monoisotopic (exact) mass is 320 g/mol. The molecule has 0 aliphatic rings. The lowest BCUT2D eigenvalue weighted by atomic mass is 10.1. The molecule has 0 unspecified atom stereocenters. The summed E-state index contributed by atoms with van der Waals surface area (Å²) in [6, 6.07) is 14.7. The summed E-state index contributed by atoms with van der Waals surface area (Å²) in [6.07, 6.45) is 3.41. The second-order valence-corrected chi connectivity index (χ2v) is 5.53. The van der Waals surface area contributed by atoms with Crippen LogP contribution in [-0.4, -0.2) is 11.1 Å². The second kappa shape index (κ2) is 6.54. The summed E-state index contributed by atoms with van der Waals surface area (Å²) in [6.45, 7) is 1.71. The molecule has 24 heavy (non-hydrogen) atoms. The highest BCUT2D eigenvalue weighted by Gasteiger charge is 2.13. The van der Waals surface area contributed by atoms with Crippen molar-refractivity contribution >= 4 is 29.1 Å². The van der Waals surface area contributed by atoms with E-state index in [0.29, 0.717) is 27.9 Å². The van der Waals surface area contributed by atoms with E-state index >= 15 is 0 Å². The topological polar surface area (TPSA) is 67.5 Å². The molecule has 2 aromatic carbocycles. The van der Waals surface area contributed by atoms with Gasteiger partial charge in [-0.25, -0.2) is 0 Å². The number of aliphatic carboxylic acids is 1. The molecule has 4 heteroatoms. The SMILES string of the molecule is Cc1c(C=Cc2ccccc2)oc2c(CC(=O)O)cccc2c1=O. The maximum atomic E-state index is 12.6. The van der Waals surface area contributed by atoms with Gasteiger partial charge in [0.2, 0.25) is 0 Å². The average molecular weight is 320 g/mol. The van der Waals surface area contributed by atoms with Gasteiger partial charge in [-0.05, 0) is 24.6 Å². The number of fused-ring (bicyclic) bond motifs is 1. The van der Waals surface area contributed by atoms with Gasteiger partial charge in [0.15, 0.2) is 5.43 Å². The smallest absolute Gasteiger partial charge is 0.307 e. The zero-order valence-electron chi connectivity index (χ0n) is 13.2. The third-order valence-electron chi connectivity index (χ3n) is 3.83. The highest BCUT2D eigenvalue weighted by atomic mass is 16.4. The Bertz CT molecular complexity index is 982. The Labute approximate surface area is 138 Å². The number of hydrogen-bond donors (Lipinski definition) is 1. The van der Waals surface area contributed by atoms with Crippen LogP contribution in [0.15, 0.2) is 57.7 Å². The molecule has 0 atom stereocenters. The summed E-state index contributed by atoms with van der Waals surface area (Å²) in [5.74, 6) is -0.527. The third-order valence-corrected chi connectivity index (χ3v) is 3.83. The molecule has 4 nitrogen and oxygen atoms in total. The number of carboxylic acid groups (broad SMARTS) is 1. The van der Waals surface area contributed by atoms with Crippen molar-refractivity contribution in [3.63, 3.8) is 0 Å². The number of carbonyl (C=O) groups is 1. The lowest BCUT2D eigenvalue weighted by Crippen LogP contribution is -2.09. The molecule has 1 heterocycles. The number of benzene rings is 2. The summed E-state index contributed by atoms with van der Waals surface area (Å²) < 4.78 is 5.88. The Kier molecular flexibility index (Phi) is 4.29. The molecular weight excluding hydrogens is 304 g/mol. The molecule has 0 bridgehead atoms. The van der Waals surface area contributed by atoms with Gasteiger partial charge in [-0.2, -0.15) is 0 Å². The van der Waals surface area contributed by atoms with Crippen LogP contribution in [0.25, 0.3) is 23.1 Å². The summed E-state index contributed by atoms with van der Waals surface area (Å²) in [7, 11) is 0. The molecule has 0 aliphatic carbocycles. The first-order valence-electron chi connectivity index (χ1n) is 7.56. The van der Waals surface area contributed by atoms with Crippen molar-refractivity contribution in [1.29, 1.82) is 0 Å². The van der Waals surface area contributed by atoms with Crippen LogP contribution in [0.1, 0.15) is 22.5 Å². The van der Waals surface area contributed by atoms with Gasteiger partial charge in [0.25, 0.3) is 0 Å². The summed E-state index contributed by atoms with van der Waals surface area (Å²) >= 11 is 0. The van der Waals surface area contributed by atoms with E-state index in [1.165, 1.54) is 0 Å². The van der Waals surface area contributed by atoms with E-state index in [9.17, 15) is 9.59 Å². The number of para-hydroxylation sites is 1. The predicted molar refractivity (Wildman–Crippen MR) is 93.9 cm³/mol. The standard InChI is InChI=1S/C20H16O4/c1-13-17(11-10-14-6-3-2-4-7-14)24-20-15(12-18(21)22)8-5-9-16(20)19(13)23/h2-11H,12H2,1H3,(H,21,22). The minimum Gasteiger partial charge on any atom is -0.481 e. The van der Waals surface area contributed by atoms with Crippen molar-refractivity contribution in [3.8, 4) is 0 Å². The Morgan fingerprint density at radius 3 is 2.54 bits per heavy atom. The molecule has 0 aliphatic heterocycles. The van der Waals surface area contributed by atoms with Gasteiger partial charge in [0.1, 0.15) is 11.3 Å². The molecule has 0 saturated carbocycles. The van der Waals surface area contributed by atoms with Gasteiger partial charge >= 0.3 is 5.97 Å². The minimum absolute atomic E-state index is 0.142. The molecule has 1 N–H and O–H groups in total. The van der Waals surface area contributed by atoms with Gasteiger partial charge in [0, 0.05) is 11.1 Å². The zero-order chi connectivity index (χ0) is 17.1. The van der Waals surface area contributed by atoms with Crippen molar-refractivity contribution in [2.45, 2.75) is 13.3 Å². The van der Waals surface area contributed by atoms with Crippen molar-refractivity contribution < 1.29 is 14.3 Å². The van der Waals surface area contributed by atoms with Gasteiger partial charge in [-0.1, -0.05) is 48.5 Å².